The SMILES string of the molecule is CCOc1ccc(C(Cl)C2CCS(=O)(=O)C2)cc1Br. The number of hydrogen-bond acceptors (Lipinski definition) is 3. The largest absolute Gasteiger partial charge is 0.493 e. The van der Waals surface area contributed by atoms with E-state index in [1.54, 1.807) is 0 Å². The third-order valence-electron chi connectivity index (χ3n) is 3.26. The van der Waals surface area contributed by atoms with E-state index in [2.05, 4.69) is 15.9 Å². The van der Waals surface area contributed by atoms with Gasteiger partial charge in [0.2, 0.25) is 0 Å². The quantitative estimate of drug-likeness (QED) is 0.764. The van der Waals surface area contributed by atoms with Crippen LogP contribution in [0.5, 0.6) is 5.75 Å². The Balaban J connectivity index is 2.16. The summed E-state index contributed by atoms with van der Waals surface area (Å²) in [6.45, 7) is 2.53. The molecule has 2 atom stereocenters. The van der Waals surface area contributed by atoms with E-state index in [9.17, 15) is 8.42 Å². The van der Waals surface area contributed by atoms with Gasteiger partial charge in [-0.3, -0.25) is 0 Å². The lowest BCUT2D eigenvalue weighted by atomic mass is 9.98. The molecule has 0 aromatic heterocycles. The molecule has 1 heterocycles. The van der Waals surface area contributed by atoms with Crippen molar-refractivity contribution in [3.05, 3.63) is 28.2 Å². The maximum absolute atomic E-state index is 11.5. The first-order valence-electron chi connectivity index (χ1n) is 6.19. The van der Waals surface area contributed by atoms with Gasteiger partial charge in [0.05, 0.1) is 28.0 Å². The van der Waals surface area contributed by atoms with Gasteiger partial charge in [0.1, 0.15) is 5.75 Å². The molecule has 1 saturated heterocycles. The van der Waals surface area contributed by atoms with E-state index in [0.717, 1.165) is 15.8 Å². The van der Waals surface area contributed by atoms with Gasteiger partial charge in [-0.2, -0.15) is 0 Å². The van der Waals surface area contributed by atoms with Crippen molar-refractivity contribution in [2.24, 2.45) is 5.92 Å². The minimum absolute atomic E-state index is 0.00323. The van der Waals surface area contributed by atoms with Crippen molar-refractivity contribution in [2.75, 3.05) is 18.1 Å². The van der Waals surface area contributed by atoms with Crippen LogP contribution in [0.3, 0.4) is 0 Å². The molecule has 0 radical (unpaired) electrons. The van der Waals surface area contributed by atoms with Crippen molar-refractivity contribution in [1.29, 1.82) is 0 Å². The zero-order chi connectivity index (χ0) is 14.0. The first kappa shape index (κ1) is 15.1. The van der Waals surface area contributed by atoms with Crippen LogP contribution in [0.1, 0.15) is 24.3 Å². The van der Waals surface area contributed by atoms with E-state index in [-0.39, 0.29) is 22.8 Å². The number of halogens is 2. The summed E-state index contributed by atoms with van der Waals surface area (Å²) in [6.07, 6.45) is 0.640. The van der Waals surface area contributed by atoms with Gasteiger partial charge < -0.3 is 4.74 Å². The third kappa shape index (κ3) is 3.64. The highest BCUT2D eigenvalue weighted by Crippen LogP contribution is 2.38. The molecule has 19 heavy (non-hydrogen) atoms. The van der Waals surface area contributed by atoms with Gasteiger partial charge in [0.25, 0.3) is 0 Å². The van der Waals surface area contributed by atoms with Crippen LogP contribution < -0.4 is 4.74 Å². The summed E-state index contributed by atoms with van der Waals surface area (Å²) >= 11 is 9.86. The van der Waals surface area contributed by atoms with Crippen LogP contribution >= 0.6 is 27.5 Å². The zero-order valence-electron chi connectivity index (χ0n) is 10.6. The minimum Gasteiger partial charge on any atom is -0.493 e. The van der Waals surface area contributed by atoms with Gasteiger partial charge in [-0.25, -0.2) is 8.42 Å². The fourth-order valence-corrected chi connectivity index (χ4v) is 5.10. The zero-order valence-corrected chi connectivity index (χ0v) is 13.8. The lowest BCUT2D eigenvalue weighted by Gasteiger charge is -2.17. The fourth-order valence-electron chi connectivity index (χ4n) is 2.29. The average Bonchev–Trinajstić information content (AvgIpc) is 2.71. The second-order valence-corrected chi connectivity index (χ2v) is 8.24. The molecule has 2 unspecified atom stereocenters. The van der Waals surface area contributed by atoms with E-state index in [1.165, 1.54) is 0 Å². The molecule has 106 valence electrons. The number of rotatable bonds is 4. The summed E-state index contributed by atoms with van der Waals surface area (Å²) in [6, 6.07) is 5.67. The van der Waals surface area contributed by atoms with Crippen LogP contribution in [0.25, 0.3) is 0 Å². The number of benzene rings is 1. The van der Waals surface area contributed by atoms with Crippen LogP contribution in [0.4, 0.5) is 0 Å². The van der Waals surface area contributed by atoms with Gasteiger partial charge in [-0.05, 0) is 52.9 Å². The smallest absolute Gasteiger partial charge is 0.150 e. The molecular weight excluding hydrogens is 352 g/mol. The Morgan fingerprint density at radius 3 is 2.79 bits per heavy atom. The van der Waals surface area contributed by atoms with Crippen LogP contribution in [0.2, 0.25) is 0 Å². The highest BCUT2D eigenvalue weighted by Gasteiger charge is 2.33. The molecule has 1 aromatic carbocycles. The van der Waals surface area contributed by atoms with Crippen molar-refractivity contribution in [2.45, 2.75) is 18.7 Å². The van der Waals surface area contributed by atoms with Crippen molar-refractivity contribution in [1.82, 2.24) is 0 Å². The molecule has 1 aliphatic heterocycles. The molecule has 0 saturated carbocycles. The number of hydrogen-bond donors (Lipinski definition) is 0. The molecule has 2 rings (SSSR count). The van der Waals surface area contributed by atoms with Crippen LogP contribution in [0.15, 0.2) is 22.7 Å². The average molecular weight is 368 g/mol. The van der Waals surface area contributed by atoms with E-state index >= 15 is 0 Å². The van der Waals surface area contributed by atoms with Gasteiger partial charge in [0.15, 0.2) is 9.84 Å². The summed E-state index contributed by atoms with van der Waals surface area (Å²) in [5.41, 5.74) is 0.930. The van der Waals surface area contributed by atoms with Crippen LogP contribution in [-0.2, 0) is 9.84 Å². The second kappa shape index (κ2) is 6.02. The van der Waals surface area contributed by atoms with Crippen molar-refractivity contribution >= 4 is 37.4 Å². The molecule has 1 aliphatic rings. The fraction of sp³-hybridized carbons (Fsp3) is 0.538. The van der Waals surface area contributed by atoms with E-state index < -0.39 is 9.84 Å². The maximum atomic E-state index is 11.5. The third-order valence-corrected chi connectivity index (χ3v) is 6.28. The number of sulfone groups is 1. The summed E-state index contributed by atoms with van der Waals surface area (Å²) in [5.74, 6) is 1.20. The Hall–Kier alpha value is -0.260. The summed E-state index contributed by atoms with van der Waals surface area (Å²) in [4.78, 5) is 0. The molecule has 0 spiro atoms. The predicted molar refractivity (Wildman–Crippen MR) is 80.7 cm³/mol. The van der Waals surface area contributed by atoms with Crippen molar-refractivity contribution < 1.29 is 13.2 Å². The number of alkyl halides is 1. The molecule has 0 bridgehead atoms. The lowest BCUT2D eigenvalue weighted by molar-refractivity contribution is 0.338. The topological polar surface area (TPSA) is 43.4 Å². The minimum atomic E-state index is -2.90. The molecular formula is C13H16BrClO3S. The summed E-state index contributed by atoms with van der Waals surface area (Å²) in [5, 5.41) is -0.274. The van der Waals surface area contributed by atoms with E-state index in [0.29, 0.717) is 13.0 Å². The van der Waals surface area contributed by atoms with Gasteiger partial charge in [0, 0.05) is 0 Å². The number of ether oxygens (including phenoxy) is 1. The first-order valence-corrected chi connectivity index (χ1v) is 9.25. The summed E-state index contributed by atoms with van der Waals surface area (Å²) in [7, 11) is -2.90. The van der Waals surface area contributed by atoms with E-state index in [4.69, 9.17) is 16.3 Å². The summed E-state index contributed by atoms with van der Waals surface area (Å²) < 4.78 is 29.3. The highest BCUT2D eigenvalue weighted by atomic mass is 79.9. The molecule has 0 amide bonds. The Labute approximate surface area is 127 Å². The molecule has 3 nitrogen and oxygen atoms in total. The first-order chi connectivity index (χ1) is 8.93. The Kier molecular flexibility index (Phi) is 4.79. The highest BCUT2D eigenvalue weighted by molar-refractivity contribution is 9.10. The standard InChI is InChI=1S/C13H16BrClO3S/c1-2-18-12-4-3-9(7-11(12)14)13(15)10-5-6-19(16,17)8-10/h3-4,7,10,13H,2,5-6,8H2,1H3. The molecule has 1 fully saturated rings. The molecule has 0 N–H and O–H groups in total. The second-order valence-electron chi connectivity index (χ2n) is 4.69. The van der Waals surface area contributed by atoms with Crippen LogP contribution in [-0.4, -0.2) is 26.5 Å². The molecule has 6 heteroatoms. The maximum Gasteiger partial charge on any atom is 0.150 e. The van der Waals surface area contributed by atoms with Gasteiger partial charge >= 0.3 is 0 Å². The molecule has 0 aliphatic carbocycles. The molecule has 1 aromatic rings. The Bertz CT molecular complexity index is 559. The Morgan fingerprint density at radius 2 is 2.26 bits per heavy atom. The van der Waals surface area contributed by atoms with E-state index in [1.807, 2.05) is 25.1 Å². The van der Waals surface area contributed by atoms with Crippen molar-refractivity contribution in [3.63, 3.8) is 0 Å². The lowest BCUT2D eigenvalue weighted by Crippen LogP contribution is -2.10. The van der Waals surface area contributed by atoms with Gasteiger partial charge in [-0.1, -0.05) is 6.07 Å². The van der Waals surface area contributed by atoms with Crippen LogP contribution in [0, 0.1) is 5.92 Å². The predicted octanol–water partition coefficient (Wildman–Crippen LogP) is 3.56. The monoisotopic (exact) mass is 366 g/mol. The van der Waals surface area contributed by atoms with Gasteiger partial charge in [-0.15, -0.1) is 11.6 Å². The van der Waals surface area contributed by atoms with Crippen molar-refractivity contribution in [3.8, 4) is 5.75 Å². The normalized spacial score (nSPS) is 23.2. The Morgan fingerprint density at radius 1 is 1.53 bits per heavy atom.